The van der Waals surface area contributed by atoms with Crippen LogP contribution in [-0.4, -0.2) is 7.11 Å². The van der Waals surface area contributed by atoms with Crippen molar-refractivity contribution >= 4 is 49.1 Å². The Hall–Kier alpha value is -0.710. The number of ether oxygens (including phenoxy) is 1. The molecule has 0 amide bonds. The monoisotopic (exact) mass is 417 g/mol. The fourth-order valence-corrected chi connectivity index (χ4v) is 3.86. The Morgan fingerprint density at radius 1 is 1.15 bits per heavy atom. The van der Waals surface area contributed by atoms with Crippen LogP contribution in [0, 0.1) is 6.92 Å². The van der Waals surface area contributed by atoms with Gasteiger partial charge >= 0.3 is 0 Å². The Bertz CT molecular complexity index is 608. The molecule has 2 aromatic rings. The maximum atomic E-state index is 6.12. The molecule has 0 fully saturated rings. The standard InChI is InChI=1S/C15H14Br2ClNO/c1-9-5-11(16)15(12(17)6-9)19-8-10-3-4-14(20-2)13(18)7-10/h3-7,19H,8H2,1-2H3. The lowest BCUT2D eigenvalue weighted by molar-refractivity contribution is 0.415. The number of methoxy groups -OCH3 is 1. The van der Waals surface area contributed by atoms with Crippen LogP contribution in [0.3, 0.4) is 0 Å². The summed E-state index contributed by atoms with van der Waals surface area (Å²) in [5, 5.41) is 4.02. The van der Waals surface area contributed by atoms with Gasteiger partial charge in [0.25, 0.3) is 0 Å². The van der Waals surface area contributed by atoms with Gasteiger partial charge in [-0.3, -0.25) is 0 Å². The van der Waals surface area contributed by atoms with Gasteiger partial charge in [0.05, 0.1) is 17.8 Å². The van der Waals surface area contributed by atoms with Crippen LogP contribution in [0.1, 0.15) is 11.1 Å². The molecule has 1 N–H and O–H groups in total. The molecule has 0 saturated carbocycles. The molecule has 0 radical (unpaired) electrons. The Morgan fingerprint density at radius 3 is 2.35 bits per heavy atom. The Kier molecular flexibility index (Phi) is 5.35. The highest BCUT2D eigenvalue weighted by molar-refractivity contribution is 9.11. The summed E-state index contributed by atoms with van der Waals surface area (Å²) in [7, 11) is 1.61. The van der Waals surface area contributed by atoms with Crippen molar-refractivity contribution < 1.29 is 4.74 Å². The van der Waals surface area contributed by atoms with E-state index in [2.05, 4.69) is 56.2 Å². The minimum absolute atomic E-state index is 0.619. The Balaban J connectivity index is 2.15. The number of benzene rings is 2. The summed E-state index contributed by atoms with van der Waals surface area (Å²) < 4.78 is 7.21. The maximum Gasteiger partial charge on any atom is 0.137 e. The van der Waals surface area contributed by atoms with E-state index in [4.69, 9.17) is 16.3 Å². The van der Waals surface area contributed by atoms with Gasteiger partial charge in [-0.2, -0.15) is 0 Å². The Labute approximate surface area is 140 Å². The zero-order chi connectivity index (χ0) is 14.7. The van der Waals surface area contributed by atoms with Crippen molar-refractivity contribution in [2.24, 2.45) is 0 Å². The van der Waals surface area contributed by atoms with Crippen molar-refractivity contribution in [1.82, 2.24) is 0 Å². The third-order valence-corrected chi connectivity index (χ3v) is 4.42. The molecule has 0 saturated heterocycles. The van der Waals surface area contributed by atoms with Gasteiger partial charge in [0, 0.05) is 15.5 Å². The molecule has 0 spiro atoms. The zero-order valence-electron chi connectivity index (χ0n) is 11.1. The summed E-state index contributed by atoms with van der Waals surface area (Å²) in [6.45, 7) is 2.74. The van der Waals surface area contributed by atoms with Crippen LogP contribution in [0.2, 0.25) is 5.02 Å². The van der Waals surface area contributed by atoms with Gasteiger partial charge in [-0.1, -0.05) is 17.7 Å². The first kappa shape index (κ1) is 15.7. The molecular weight excluding hydrogens is 405 g/mol. The predicted octanol–water partition coefficient (Wildman–Crippen LogP) is 5.79. The lowest BCUT2D eigenvalue weighted by Gasteiger charge is -2.12. The average molecular weight is 420 g/mol. The highest BCUT2D eigenvalue weighted by Gasteiger charge is 2.07. The number of nitrogens with one attached hydrogen (secondary N) is 1. The molecule has 0 atom stereocenters. The molecule has 0 aliphatic heterocycles. The smallest absolute Gasteiger partial charge is 0.137 e. The first-order chi connectivity index (χ1) is 9.51. The fourth-order valence-electron chi connectivity index (χ4n) is 1.88. The zero-order valence-corrected chi connectivity index (χ0v) is 15.1. The molecule has 5 heteroatoms. The second-order valence-electron chi connectivity index (χ2n) is 4.43. The van der Waals surface area contributed by atoms with Crippen LogP contribution in [0.4, 0.5) is 5.69 Å². The summed E-state index contributed by atoms with van der Waals surface area (Å²) in [4.78, 5) is 0. The van der Waals surface area contributed by atoms with E-state index in [1.54, 1.807) is 7.11 Å². The molecule has 2 rings (SSSR count). The van der Waals surface area contributed by atoms with E-state index in [0.29, 0.717) is 17.3 Å². The molecule has 0 aliphatic carbocycles. The van der Waals surface area contributed by atoms with Crippen LogP contribution in [0.15, 0.2) is 39.3 Å². The summed E-state index contributed by atoms with van der Waals surface area (Å²) >= 11 is 13.3. The van der Waals surface area contributed by atoms with Crippen molar-refractivity contribution in [1.29, 1.82) is 0 Å². The molecule has 0 heterocycles. The van der Waals surface area contributed by atoms with Crippen molar-refractivity contribution in [3.8, 4) is 5.75 Å². The van der Waals surface area contributed by atoms with Crippen LogP contribution in [0.25, 0.3) is 0 Å². The summed E-state index contributed by atoms with van der Waals surface area (Å²) in [5.74, 6) is 0.688. The normalized spacial score (nSPS) is 10.4. The minimum atomic E-state index is 0.619. The highest BCUT2D eigenvalue weighted by atomic mass is 79.9. The number of halogens is 3. The molecule has 0 unspecified atom stereocenters. The lowest BCUT2D eigenvalue weighted by Crippen LogP contribution is -2.01. The molecule has 2 nitrogen and oxygen atoms in total. The maximum absolute atomic E-state index is 6.12. The van der Waals surface area contributed by atoms with Crippen LogP contribution < -0.4 is 10.1 Å². The molecule has 0 bridgehead atoms. The minimum Gasteiger partial charge on any atom is -0.495 e. The van der Waals surface area contributed by atoms with Gasteiger partial charge < -0.3 is 10.1 Å². The van der Waals surface area contributed by atoms with Crippen molar-refractivity contribution in [3.05, 3.63) is 55.4 Å². The molecule has 0 aromatic heterocycles. The summed E-state index contributed by atoms with van der Waals surface area (Å²) in [6.07, 6.45) is 0. The van der Waals surface area contributed by atoms with Crippen LogP contribution in [-0.2, 0) is 6.54 Å². The average Bonchev–Trinajstić information content (AvgIpc) is 2.37. The van der Waals surface area contributed by atoms with Crippen LogP contribution >= 0.6 is 43.5 Å². The van der Waals surface area contributed by atoms with E-state index in [9.17, 15) is 0 Å². The van der Waals surface area contributed by atoms with Gasteiger partial charge in [0.1, 0.15) is 5.75 Å². The second kappa shape index (κ2) is 6.83. The SMILES string of the molecule is COc1ccc(CNc2c(Br)cc(C)cc2Br)cc1Cl. The molecule has 20 heavy (non-hydrogen) atoms. The van der Waals surface area contributed by atoms with Crippen molar-refractivity contribution in [2.45, 2.75) is 13.5 Å². The molecule has 2 aromatic carbocycles. The Morgan fingerprint density at radius 2 is 1.80 bits per heavy atom. The van der Waals surface area contributed by atoms with Gasteiger partial charge in [0.15, 0.2) is 0 Å². The first-order valence-electron chi connectivity index (χ1n) is 6.03. The van der Waals surface area contributed by atoms with E-state index < -0.39 is 0 Å². The third-order valence-electron chi connectivity index (χ3n) is 2.87. The predicted molar refractivity (Wildman–Crippen MR) is 91.9 cm³/mol. The van der Waals surface area contributed by atoms with Crippen molar-refractivity contribution in [3.63, 3.8) is 0 Å². The summed E-state index contributed by atoms with van der Waals surface area (Å²) in [5.41, 5.74) is 3.32. The van der Waals surface area contributed by atoms with Crippen molar-refractivity contribution in [2.75, 3.05) is 12.4 Å². The van der Waals surface area contributed by atoms with E-state index in [1.165, 1.54) is 5.56 Å². The van der Waals surface area contributed by atoms with Gasteiger partial charge in [-0.15, -0.1) is 0 Å². The first-order valence-corrected chi connectivity index (χ1v) is 7.99. The number of rotatable bonds is 4. The number of hydrogen-bond donors (Lipinski definition) is 1. The van der Waals surface area contributed by atoms with E-state index in [-0.39, 0.29) is 0 Å². The molecule has 106 valence electrons. The second-order valence-corrected chi connectivity index (χ2v) is 6.54. The lowest BCUT2D eigenvalue weighted by atomic mass is 10.2. The van der Waals surface area contributed by atoms with E-state index in [1.807, 2.05) is 18.2 Å². The largest absolute Gasteiger partial charge is 0.495 e. The number of aryl methyl sites for hydroxylation is 1. The number of hydrogen-bond acceptors (Lipinski definition) is 2. The fraction of sp³-hybridized carbons (Fsp3) is 0.200. The summed E-state index contributed by atoms with van der Waals surface area (Å²) in [6, 6.07) is 9.93. The highest BCUT2D eigenvalue weighted by Crippen LogP contribution is 2.33. The van der Waals surface area contributed by atoms with E-state index in [0.717, 1.165) is 20.2 Å². The van der Waals surface area contributed by atoms with Gasteiger partial charge in [0.2, 0.25) is 0 Å². The quantitative estimate of drug-likeness (QED) is 0.677. The topological polar surface area (TPSA) is 21.3 Å². The molecule has 0 aliphatic rings. The van der Waals surface area contributed by atoms with Gasteiger partial charge in [-0.05, 0) is 74.2 Å². The number of anilines is 1. The third kappa shape index (κ3) is 3.68. The van der Waals surface area contributed by atoms with E-state index >= 15 is 0 Å². The van der Waals surface area contributed by atoms with Gasteiger partial charge in [-0.25, -0.2) is 0 Å². The molecular formula is C15H14Br2ClNO. The van der Waals surface area contributed by atoms with Crippen LogP contribution in [0.5, 0.6) is 5.75 Å².